The van der Waals surface area contributed by atoms with Gasteiger partial charge in [0.15, 0.2) is 4.93 Å². The molecule has 0 bridgehead atoms. The SMILES string of the molecule is CCCCCCCCCCCCC(C)(O)S(=O)(=O)[O-].[K+]. The van der Waals surface area contributed by atoms with Crippen LogP contribution in [0.3, 0.4) is 0 Å². The summed E-state index contributed by atoms with van der Waals surface area (Å²) in [6.45, 7) is 3.29. The van der Waals surface area contributed by atoms with E-state index in [1.807, 2.05) is 0 Å². The summed E-state index contributed by atoms with van der Waals surface area (Å²) in [6.07, 6.45) is 11.4. The molecule has 0 aliphatic heterocycles. The maximum Gasteiger partial charge on any atom is 1.00 e. The minimum atomic E-state index is -4.61. The van der Waals surface area contributed by atoms with Crippen molar-refractivity contribution in [3.05, 3.63) is 0 Å². The molecule has 0 aromatic carbocycles. The van der Waals surface area contributed by atoms with Gasteiger partial charge in [-0.15, -0.1) is 0 Å². The number of aliphatic hydroxyl groups is 1. The van der Waals surface area contributed by atoms with Crippen molar-refractivity contribution in [2.24, 2.45) is 0 Å². The average Bonchev–Trinajstić information content (AvgIpc) is 2.30. The van der Waals surface area contributed by atoms with Crippen LogP contribution in [0.5, 0.6) is 0 Å². The Bertz CT molecular complexity index is 315. The fraction of sp³-hybridized carbons (Fsp3) is 1.00. The Morgan fingerprint density at radius 2 is 1.25 bits per heavy atom. The topological polar surface area (TPSA) is 77.4 Å². The largest absolute Gasteiger partial charge is 1.00 e. The summed E-state index contributed by atoms with van der Waals surface area (Å²) in [7, 11) is -4.61. The Morgan fingerprint density at radius 1 is 0.900 bits per heavy atom. The van der Waals surface area contributed by atoms with Crippen molar-refractivity contribution < 1.29 is 69.5 Å². The summed E-state index contributed by atoms with van der Waals surface area (Å²) in [5.41, 5.74) is 0. The second-order valence-corrected chi connectivity index (χ2v) is 7.35. The van der Waals surface area contributed by atoms with Crippen molar-refractivity contribution in [1.29, 1.82) is 0 Å². The van der Waals surface area contributed by atoms with Crippen LogP contribution >= 0.6 is 0 Å². The van der Waals surface area contributed by atoms with E-state index in [4.69, 9.17) is 0 Å². The predicted molar refractivity (Wildman–Crippen MR) is 76.8 cm³/mol. The Balaban J connectivity index is 0. The Labute approximate surface area is 167 Å². The van der Waals surface area contributed by atoms with Crippen LogP contribution in [0.1, 0.15) is 84.5 Å². The standard InChI is InChI=1S/C14H30O4S.K/c1-3-4-5-6-7-8-9-10-11-12-13-14(2,15)19(16,17)18;/h15H,3-13H2,1-2H3,(H,16,17,18);/q;+1/p-1. The summed E-state index contributed by atoms with van der Waals surface area (Å²) in [5, 5.41) is 9.47. The first kappa shape index (κ1) is 23.8. The number of hydrogen-bond donors (Lipinski definition) is 1. The summed E-state index contributed by atoms with van der Waals surface area (Å²) in [6, 6.07) is 0. The third kappa shape index (κ3) is 12.1. The van der Waals surface area contributed by atoms with Crippen molar-refractivity contribution >= 4 is 10.1 Å². The zero-order valence-electron chi connectivity index (χ0n) is 13.4. The van der Waals surface area contributed by atoms with Crippen LogP contribution in [0, 0.1) is 0 Å². The normalized spacial score (nSPS) is 14.6. The van der Waals surface area contributed by atoms with E-state index < -0.39 is 15.1 Å². The third-order valence-electron chi connectivity index (χ3n) is 3.53. The van der Waals surface area contributed by atoms with E-state index in [0.717, 1.165) is 26.2 Å². The van der Waals surface area contributed by atoms with E-state index in [-0.39, 0.29) is 57.8 Å². The zero-order chi connectivity index (χ0) is 14.8. The molecule has 116 valence electrons. The van der Waals surface area contributed by atoms with Gasteiger partial charge in [-0.05, 0) is 19.8 Å². The summed E-state index contributed by atoms with van der Waals surface area (Å²) < 4.78 is 32.2. The molecule has 0 rings (SSSR count). The van der Waals surface area contributed by atoms with E-state index in [1.54, 1.807) is 0 Å². The number of unbranched alkanes of at least 4 members (excludes halogenated alkanes) is 9. The first-order chi connectivity index (χ1) is 8.81. The molecule has 0 aromatic rings. The summed E-state index contributed by atoms with van der Waals surface area (Å²) in [5.74, 6) is 0. The predicted octanol–water partition coefficient (Wildman–Crippen LogP) is 0.555. The Kier molecular flexibility index (Phi) is 15.4. The van der Waals surface area contributed by atoms with Gasteiger partial charge in [-0.1, -0.05) is 64.7 Å². The van der Waals surface area contributed by atoms with Crippen LogP contribution in [0.25, 0.3) is 0 Å². The van der Waals surface area contributed by atoms with Crippen LogP contribution in [0.2, 0.25) is 0 Å². The molecule has 4 nitrogen and oxygen atoms in total. The van der Waals surface area contributed by atoms with Gasteiger partial charge in [0, 0.05) is 0 Å². The molecule has 0 saturated heterocycles. The number of rotatable bonds is 12. The summed E-state index contributed by atoms with van der Waals surface area (Å²) in [4.78, 5) is -2.10. The van der Waals surface area contributed by atoms with Crippen LogP contribution in [-0.2, 0) is 10.1 Å². The van der Waals surface area contributed by atoms with E-state index >= 15 is 0 Å². The van der Waals surface area contributed by atoms with Crippen molar-refractivity contribution in [3.8, 4) is 0 Å². The molecule has 0 fully saturated rings. The van der Waals surface area contributed by atoms with Gasteiger partial charge in [-0.3, -0.25) is 0 Å². The van der Waals surface area contributed by atoms with Crippen molar-refractivity contribution in [2.45, 2.75) is 89.4 Å². The van der Waals surface area contributed by atoms with Crippen LogP contribution in [-0.4, -0.2) is 23.0 Å². The molecule has 1 atom stereocenters. The van der Waals surface area contributed by atoms with Gasteiger partial charge in [0.1, 0.15) is 10.1 Å². The average molecular weight is 333 g/mol. The van der Waals surface area contributed by atoms with E-state index in [0.29, 0.717) is 6.42 Å². The minimum Gasteiger partial charge on any atom is -0.746 e. The Morgan fingerprint density at radius 3 is 1.60 bits per heavy atom. The fourth-order valence-corrected chi connectivity index (χ4v) is 2.46. The molecule has 0 heterocycles. The van der Waals surface area contributed by atoms with Gasteiger partial charge >= 0.3 is 51.4 Å². The van der Waals surface area contributed by atoms with Gasteiger partial charge < -0.3 is 9.66 Å². The molecule has 1 N–H and O–H groups in total. The van der Waals surface area contributed by atoms with Crippen LogP contribution < -0.4 is 51.4 Å². The van der Waals surface area contributed by atoms with Gasteiger partial charge in [0.2, 0.25) is 0 Å². The van der Waals surface area contributed by atoms with Gasteiger partial charge in [0.05, 0.1) is 0 Å². The van der Waals surface area contributed by atoms with Gasteiger partial charge in [-0.25, -0.2) is 8.42 Å². The molecule has 0 spiro atoms. The first-order valence-electron chi connectivity index (χ1n) is 7.49. The second-order valence-electron chi connectivity index (χ2n) is 5.56. The maximum atomic E-state index is 10.7. The van der Waals surface area contributed by atoms with E-state index in [9.17, 15) is 18.1 Å². The quantitative estimate of drug-likeness (QED) is 0.322. The molecule has 0 saturated carbocycles. The van der Waals surface area contributed by atoms with Crippen molar-refractivity contribution in [3.63, 3.8) is 0 Å². The maximum absolute atomic E-state index is 10.7. The molecule has 0 aliphatic rings. The molecule has 0 amide bonds. The molecular weight excluding hydrogens is 303 g/mol. The molecule has 20 heavy (non-hydrogen) atoms. The molecule has 0 radical (unpaired) electrons. The first-order valence-corrected chi connectivity index (χ1v) is 8.90. The Hall–Kier alpha value is 1.51. The third-order valence-corrected chi connectivity index (χ3v) is 4.81. The van der Waals surface area contributed by atoms with Crippen LogP contribution in [0.4, 0.5) is 0 Å². The van der Waals surface area contributed by atoms with Gasteiger partial charge in [0.25, 0.3) is 0 Å². The summed E-state index contributed by atoms with van der Waals surface area (Å²) >= 11 is 0. The molecule has 0 aromatic heterocycles. The second kappa shape index (κ2) is 13.0. The molecule has 1 unspecified atom stereocenters. The van der Waals surface area contributed by atoms with E-state index in [1.165, 1.54) is 38.5 Å². The van der Waals surface area contributed by atoms with E-state index in [2.05, 4.69) is 6.92 Å². The monoisotopic (exact) mass is 332 g/mol. The number of hydrogen-bond acceptors (Lipinski definition) is 4. The molecular formula is C14H29KO4S. The zero-order valence-corrected chi connectivity index (χ0v) is 17.3. The van der Waals surface area contributed by atoms with Crippen LogP contribution in [0.15, 0.2) is 0 Å². The molecule has 0 aliphatic carbocycles. The fourth-order valence-electron chi connectivity index (χ4n) is 2.07. The van der Waals surface area contributed by atoms with Crippen molar-refractivity contribution in [2.75, 3.05) is 0 Å². The smallest absolute Gasteiger partial charge is 0.746 e. The van der Waals surface area contributed by atoms with Gasteiger partial charge in [-0.2, -0.15) is 0 Å². The molecule has 6 heteroatoms. The van der Waals surface area contributed by atoms with Crippen molar-refractivity contribution in [1.82, 2.24) is 0 Å². The minimum absolute atomic E-state index is 0.